The number of aromatic nitrogens is 3. The van der Waals surface area contributed by atoms with Gasteiger partial charge in [0.05, 0.1) is 11.1 Å². The van der Waals surface area contributed by atoms with Crippen molar-refractivity contribution in [1.29, 1.82) is 0 Å². The summed E-state index contributed by atoms with van der Waals surface area (Å²) in [5.41, 5.74) is 2.70. The first-order chi connectivity index (χ1) is 14.0. The largest absolute Gasteiger partial charge is 0.332 e. The molecule has 1 aliphatic carbocycles. The third-order valence-corrected chi connectivity index (χ3v) is 5.79. The molecule has 0 N–H and O–H groups in total. The minimum atomic E-state index is -0.332. The smallest absolute Gasteiger partial charge is 0.295 e. The Kier molecular flexibility index (Phi) is 4.88. The summed E-state index contributed by atoms with van der Waals surface area (Å²) in [7, 11) is 3.25. The van der Waals surface area contributed by atoms with E-state index in [9.17, 15) is 9.59 Å². The van der Waals surface area contributed by atoms with E-state index in [1.807, 2.05) is 41.0 Å². The van der Waals surface area contributed by atoms with E-state index in [-0.39, 0.29) is 17.3 Å². The predicted molar refractivity (Wildman–Crippen MR) is 119 cm³/mol. The van der Waals surface area contributed by atoms with Gasteiger partial charge < -0.3 is 0 Å². The van der Waals surface area contributed by atoms with Crippen molar-refractivity contribution >= 4 is 23.2 Å². The lowest BCUT2D eigenvalue weighted by Gasteiger charge is -2.24. The highest BCUT2D eigenvalue weighted by Gasteiger charge is 2.24. The van der Waals surface area contributed by atoms with Crippen molar-refractivity contribution in [3.05, 3.63) is 74.6 Å². The fourth-order valence-corrected chi connectivity index (χ4v) is 4.20. The second-order valence-corrected chi connectivity index (χ2v) is 7.30. The minimum absolute atomic E-state index is 0.160. The molecule has 0 amide bonds. The lowest BCUT2D eigenvalue weighted by molar-refractivity contribution is 0.290. The summed E-state index contributed by atoms with van der Waals surface area (Å²) in [5.74, 6) is 0. The molecule has 0 radical (unpaired) electrons. The van der Waals surface area contributed by atoms with Crippen LogP contribution in [0.2, 0.25) is 0 Å². The maximum absolute atomic E-state index is 13.1. The highest BCUT2D eigenvalue weighted by Crippen LogP contribution is 2.31. The van der Waals surface area contributed by atoms with Gasteiger partial charge in [-0.15, -0.1) is 0 Å². The van der Waals surface area contributed by atoms with Crippen molar-refractivity contribution in [2.45, 2.75) is 19.9 Å². The van der Waals surface area contributed by atoms with Crippen molar-refractivity contribution in [2.24, 2.45) is 14.1 Å². The van der Waals surface area contributed by atoms with Crippen LogP contribution in [0.25, 0.3) is 28.9 Å². The third-order valence-electron chi connectivity index (χ3n) is 5.79. The normalized spacial score (nSPS) is 15.8. The SMILES string of the molecule is CCN(CC)C1C=Cc2c(n(-c3ccccc3)c3c2c(=O)n(C)c(=O)n3C)C=C1. The van der Waals surface area contributed by atoms with Gasteiger partial charge in [-0.2, -0.15) is 0 Å². The summed E-state index contributed by atoms with van der Waals surface area (Å²) >= 11 is 0. The predicted octanol–water partition coefficient (Wildman–Crippen LogP) is 2.78. The molecule has 1 atom stereocenters. The van der Waals surface area contributed by atoms with E-state index in [1.54, 1.807) is 11.6 Å². The summed E-state index contributed by atoms with van der Waals surface area (Å²) in [5, 5.41) is 0.564. The molecule has 0 spiro atoms. The molecule has 0 bridgehead atoms. The van der Waals surface area contributed by atoms with Crippen molar-refractivity contribution < 1.29 is 0 Å². The summed E-state index contributed by atoms with van der Waals surface area (Å²) in [4.78, 5) is 28.1. The van der Waals surface area contributed by atoms with Crippen LogP contribution >= 0.6 is 0 Å². The Morgan fingerprint density at radius 1 is 0.931 bits per heavy atom. The fraction of sp³-hybridized carbons (Fsp3) is 0.304. The van der Waals surface area contributed by atoms with Gasteiger partial charge in [0.15, 0.2) is 0 Å². The molecule has 6 nitrogen and oxygen atoms in total. The van der Waals surface area contributed by atoms with Gasteiger partial charge in [-0.3, -0.25) is 23.4 Å². The Labute approximate surface area is 169 Å². The molecular formula is C23H26N4O2. The number of rotatable bonds is 4. The van der Waals surface area contributed by atoms with Crippen LogP contribution in [0, 0.1) is 0 Å². The molecule has 2 aromatic heterocycles. The molecule has 2 heterocycles. The van der Waals surface area contributed by atoms with Crippen LogP contribution in [0.3, 0.4) is 0 Å². The number of benzene rings is 1. The molecule has 1 aliphatic rings. The molecule has 1 aromatic carbocycles. The molecule has 6 heteroatoms. The first-order valence-corrected chi connectivity index (χ1v) is 9.99. The van der Waals surface area contributed by atoms with E-state index in [0.717, 1.165) is 30.0 Å². The standard InChI is InChI=1S/C23H26N4O2/c1-5-26(6-2)16-12-14-18-19(15-13-16)27(17-10-8-7-9-11-17)21-20(18)22(28)25(4)23(29)24(21)3/h7-16H,5-6H2,1-4H3. The van der Waals surface area contributed by atoms with E-state index >= 15 is 0 Å². The molecule has 4 rings (SSSR count). The Balaban J connectivity index is 2.11. The van der Waals surface area contributed by atoms with E-state index in [1.165, 1.54) is 11.6 Å². The molecule has 29 heavy (non-hydrogen) atoms. The first-order valence-electron chi connectivity index (χ1n) is 9.99. The first kappa shape index (κ1) is 19.2. The average molecular weight is 390 g/mol. The molecule has 150 valence electrons. The number of hydrogen-bond donors (Lipinski definition) is 0. The van der Waals surface area contributed by atoms with Crippen molar-refractivity contribution in [1.82, 2.24) is 18.6 Å². The van der Waals surface area contributed by atoms with E-state index < -0.39 is 0 Å². The Bertz CT molecular complexity index is 1240. The Hall–Kier alpha value is -3.12. The monoisotopic (exact) mass is 390 g/mol. The van der Waals surface area contributed by atoms with Crippen LogP contribution in [0.15, 0.2) is 52.1 Å². The van der Waals surface area contributed by atoms with E-state index in [4.69, 9.17) is 0 Å². The number of aryl methyl sites for hydroxylation is 1. The van der Waals surface area contributed by atoms with Crippen LogP contribution in [-0.4, -0.2) is 37.7 Å². The van der Waals surface area contributed by atoms with Crippen LogP contribution in [0.5, 0.6) is 0 Å². The van der Waals surface area contributed by atoms with Crippen molar-refractivity contribution in [3.8, 4) is 5.69 Å². The number of hydrogen-bond acceptors (Lipinski definition) is 3. The third kappa shape index (κ3) is 2.91. The van der Waals surface area contributed by atoms with Gasteiger partial charge in [0.1, 0.15) is 5.65 Å². The van der Waals surface area contributed by atoms with Gasteiger partial charge in [-0.25, -0.2) is 4.79 Å². The second-order valence-electron chi connectivity index (χ2n) is 7.30. The van der Waals surface area contributed by atoms with Gasteiger partial charge in [-0.1, -0.05) is 50.3 Å². The van der Waals surface area contributed by atoms with Crippen LogP contribution in [0.1, 0.15) is 25.1 Å². The fourth-order valence-electron chi connectivity index (χ4n) is 4.20. The van der Waals surface area contributed by atoms with Crippen LogP contribution < -0.4 is 11.2 Å². The summed E-state index contributed by atoms with van der Waals surface area (Å²) in [6.45, 7) is 6.17. The van der Waals surface area contributed by atoms with E-state index in [0.29, 0.717) is 11.0 Å². The van der Waals surface area contributed by atoms with Gasteiger partial charge in [0.25, 0.3) is 5.56 Å². The lowest BCUT2D eigenvalue weighted by Crippen LogP contribution is -2.37. The molecule has 0 saturated carbocycles. The van der Waals surface area contributed by atoms with Gasteiger partial charge in [0, 0.05) is 31.4 Å². The van der Waals surface area contributed by atoms with Gasteiger partial charge in [0.2, 0.25) is 0 Å². The lowest BCUT2D eigenvalue weighted by atomic mass is 10.1. The van der Waals surface area contributed by atoms with Gasteiger partial charge in [-0.05, 0) is 31.3 Å². The number of likely N-dealkylation sites (N-methyl/N-ethyl adjacent to an activating group) is 1. The summed E-state index contributed by atoms with van der Waals surface area (Å²) < 4.78 is 4.75. The summed E-state index contributed by atoms with van der Waals surface area (Å²) in [6.07, 6.45) is 8.41. The molecule has 0 aliphatic heterocycles. The van der Waals surface area contributed by atoms with E-state index in [2.05, 4.69) is 37.0 Å². The molecule has 3 aromatic rings. The van der Waals surface area contributed by atoms with Crippen molar-refractivity contribution in [3.63, 3.8) is 0 Å². The number of fused-ring (bicyclic) bond motifs is 3. The maximum Gasteiger partial charge on any atom is 0.332 e. The quantitative estimate of drug-likeness (QED) is 0.688. The minimum Gasteiger partial charge on any atom is -0.295 e. The van der Waals surface area contributed by atoms with Crippen LogP contribution in [0.4, 0.5) is 0 Å². The Morgan fingerprint density at radius 2 is 1.59 bits per heavy atom. The molecular weight excluding hydrogens is 364 g/mol. The topological polar surface area (TPSA) is 52.2 Å². The average Bonchev–Trinajstić information content (AvgIpc) is 2.93. The zero-order chi connectivity index (χ0) is 20.7. The van der Waals surface area contributed by atoms with Crippen LogP contribution in [-0.2, 0) is 14.1 Å². The molecule has 0 fully saturated rings. The highest BCUT2D eigenvalue weighted by atomic mass is 16.2. The zero-order valence-electron chi connectivity index (χ0n) is 17.3. The zero-order valence-corrected chi connectivity index (χ0v) is 17.3. The molecule has 0 saturated heterocycles. The highest BCUT2D eigenvalue weighted by molar-refractivity contribution is 5.93. The number of para-hydroxylation sites is 1. The second kappa shape index (κ2) is 7.37. The number of nitrogens with zero attached hydrogens (tertiary/aromatic N) is 4. The van der Waals surface area contributed by atoms with Crippen molar-refractivity contribution in [2.75, 3.05) is 13.1 Å². The maximum atomic E-state index is 13.1. The molecule has 1 unspecified atom stereocenters. The Morgan fingerprint density at radius 3 is 2.24 bits per heavy atom. The summed E-state index contributed by atoms with van der Waals surface area (Å²) in [6, 6.07) is 10.0. The van der Waals surface area contributed by atoms with Gasteiger partial charge >= 0.3 is 5.69 Å².